The second kappa shape index (κ2) is 11.7. The van der Waals surface area contributed by atoms with Crippen molar-refractivity contribution < 1.29 is 59.9 Å². The summed E-state index contributed by atoms with van der Waals surface area (Å²) < 4.78 is 14.8. The minimum atomic E-state index is -1.06. The van der Waals surface area contributed by atoms with Gasteiger partial charge in [0.2, 0.25) is 0 Å². The summed E-state index contributed by atoms with van der Waals surface area (Å²) >= 11 is 0. The number of carboxylic acid groups (broad SMARTS) is 1. The molecule has 0 atom stereocenters. The van der Waals surface area contributed by atoms with E-state index in [4.69, 9.17) is 9.47 Å². The van der Waals surface area contributed by atoms with Crippen molar-refractivity contribution in [3.05, 3.63) is 77.2 Å². The predicted octanol–water partition coefficient (Wildman–Crippen LogP) is 3.20. The Labute approximate surface area is 278 Å². The van der Waals surface area contributed by atoms with E-state index in [0.717, 1.165) is 35.1 Å². The minimum absolute atomic E-state index is 0. The van der Waals surface area contributed by atoms with Gasteiger partial charge >= 0.3 is 35.5 Å². The molecule has 2 aromatic heterocycles. The van der Waals surface area contributed by atoms with E-state index in [0.29, 0.717) is 66.6 Å². The molecular formula is C34H34N3NaO6. The average molecular weight is 604 g/mol. The maximum absolute atomic E-state index is 13.8. The molecule has 0 radical (unpaired) electrons. The molecular weight excluding hydrogens is 569 g/mol. The van der Waals surface area contributed by atoms with Crippen LogP contribution in [0.3, 0.4) is 0 Å². The molecule has 2 aliphatic heterocycles. The first-order chi connectivity index (χ1) is 20.7. The molecule has 1 saturated carbocycles. The van der Waals surface area contributed by atoms with Crippen LogP contribution in [0, 0.1) is 6.92 Å². The number of carbonyl (C=O) groups excluding carboxylic acids is 2. The van der Waals surface area contributed by atoms with E-state index in [-0.39, 0.29) is 54.7 Å². The topological polar surface area (TPSA) is 111 Å². The minimum Gasteiger partial charge on any atom is -1.00 e. The molecule has 222 valence electrons. The second-order valence-electron chi connectivity index (χ2n) is 11.9. The molecule has 4 heterocycles. The number of nitrogens with zero attached hydrogens (tertiary/aromatic N) is 3. The molecule has 1 amide bonds. The number of aromatic carboxylic acids is 1. The third-order valence-electron chi connectivity index (χ3n) is 8.94. The van der Waals surface area contributed by atoms with E-state index in [1.807, 2.05) is 30.0 Å². The number of hydrogen-bond donors (Lipinski definition) is 1. The van der Waals surface area contributed by atoms with E-state index in [1.165, 1.54) is 6.20 Å². The molecule has 1 N–H and O–H groups in total. The molecule has 7 rings (SSSR count). The predicted molar refractivity (Wildman–Crippen MR) is 161 cm³/mol. The fourth-order valence-corrected chi connectivity index (χ4v) is 6.56. The number of amides is 1. The normalized spacial score (nSPS) is 17.1. The summed E-state index contributed by atoms with van der Waals surface area (Å²) in [5.41, 5.74) is 4.04. The number of aryl methyl sites for hydroxylation is 1. The van der Waals surface area contributed by atoms with E-state index < -0.39 is 11.6 Å². The third-order valence-corrected chi connectivity index (χ3v) is 8.94. The summed E-state index contributed by atoms with van der Waals surface area (Å²) in [4.78, 5) is 44.4. The Balaban J connectivity index is 0.00000200. The summed E-state index contributed by atoms with van der Waals surface area (Å²) in [5.74, 6) is 0.148. The average Bonchev–Trinajstić information content (AvgIpc) is 3.80. The fourth-order valence-electron chi connectivity index (χ4n) is 6.56. The number of aromatic nitrogens is 2. The monoisotopic (exact) mass is 603 g/mol. The van der Waals surface area contributed by atoms with Crippen LogP contribution < -0.4 is 39.0 Å². The van der Waals surface area contributed by atoms with Gasteiger partial charge in [0, 0.05) is 67.1 Å². The van der Waals surface area contributed by atoms with E-state index >= 15 is 0 Å². The quantitative estimate of drug-likeness (QED) is 0.337. The molecule has 2 aromatic carbocycles. The Morgan fingerprint density at radius 1 is 1.09 bits per heavy atom. The molecule has 0 unspecified atom stereocenters. The third kappa shape index (κ3) is 5.42. The van der Waals surface area contributed by atoms with Crippen molar-refractivity contribution in [1.29, 1.82) is 0 Å². The Kier molecular flexibility index (Phi) is 8.07. The van der Waals surface area contributed by atoms with Gasteiger partial charge in [-0.2, -0.15) is 0 Å². The van der Waals surface area contributed by atoms with Crippen molar-refractivity contribution >= 4 is 28.6 Å². The first kappa shape index (κ1) is 30.4. The molecule has 0 bridgehead atoms. The number of pyridine rings is 1. The van der Waals surface area contributed by atoms with E-state index in [1.54, 1.807) is 24.4 Å². The zero-order chi connectivity index (χ0) is 29.9. The molecule has 1 saturated heterocycles. The van der Waals surface area contributed by atoms with E-state index in [2.05, 4.69) is 22.7 Å². The van der Waals surface area contributed by atoms with Crippen LogP contribution in [-0.2, 0) is 0 Å². The molecule has 44 heavy (non-hydrogen) atoms. The Bertz CT molecular complexity index is 1810. The Morgan fingerprint density at radius 2 is 1.86 bits per heavy atom. The van der Waals surface area contributed by atoms with Gasteiger partial charge in [-0.05, 0) is 68.1 Å². The Morgan fingerprint density at radius 3 is 2.57 bits per heavy atom. The van der Waals surface area contributed by atoms with Crippen molar-refractivity contribution in [1.82, 2.24) is 14.5 Å². The number of rotatable bonds is 6. The summed E-state index contributed by atoms with van der Waals surface area (Å²) in [5, 5.41) is 10.4. The number of Topliss-reactive ketones (excluding diaryl/α,β-unsaturated/α-hetero) is 1. The number of hydrogen-bond acceptors (Lipinski definition) is 6. The maximum Gasteiger partial charge on any atom is 1.00 e. The molecule has 9 nitrogen and oxygen atoms in total. The number of ether oxygens (including phenoxy) is 2. The molecule has 3 aliphatic rings. The number of carbonyl (C=O) groups is 3. The van der Waals surface area contributed by atoms with Gasteiger partial charge in [0.1, 0.15) is 17.1 Å². The van der Waals surface area contributed by atoms with Crippen molar-refractivity contribution in [2.75, 3.05) is 19.7 Å². The zero-order valence-electron chi connectivity index (χ0n) is 26.3. The van der Waals surface area contributed by atoms with Crippen molar-refractivity contribution in [3.63, 3.8) is 0 Å². The first-order valence-electron chi connectivity index (χ1n) is 14.9. The van der Waals surface area contributed by atoms with Crippen LogP contribution in [0.15, 0.2) is 55.0 Å². The molecule has 2 fully saturated rings. The van der Waals surface area contributed by atoms with Gasteiger partial charge in [0.15, 0.2) is 5.78 Å². The number of ketones is 1. The summed E-state index contributed by atoms with van der Waals surface area (Å²) in [7, 11) is 0. The second-order valence-corrected chi connectivity index (χ2v) is 11.9. The standard InChI is InChI=1S/C34H33N3O6.Na.H/c1-3-42-30-15-22(14-27-31(30)20(2)19-37(27)25-5-6-25)32(39)36-10-8-34(9-11-36)16-28(38)26-13-21(4-7-29(26)43-34)23-12-24(33(40)41)18-35-17-23;;/h4,7,12-15,17-19,25H,3,5-6,8-11,16H2,1-2H3,(H,40,41);;/q;+1;-1. The zero-order valence-corrected chi connectivity index (χ0v) is 27.3. The molecule has 1 spiro atoms. The first-order valence-corrected chi connectivity index (χ1v) is 14.9. The van der Waals surface area contributed by atoms with Gasteiger partial charge in [-0.3, -0.25) is 14.6 Å². The number of benzene rings is 2. The van der Waals surface area contributed by atoms with Gasteiger partial charge < -0.3 is 25.5 Å². The van der Waals surface area contributed by atoms with Gasteiger partial charge in [-0.15, -0.1) is 0 Å². The number of piperidine rings is 1. The molecule has 4 aromatic rings. The summed E-state index contributed by atoms with van der Waals surface area (Å²) in [6.07, 6.45) is 8.68. The largest absolute Gasteiger partial charge is 1.00 e. The maximum atomic E-state index is 13.8. The van der Waals surface area contributed by atoms with Gasteiger partial charge in [-0.1, -0.05) is 6.07 Å². The number of carboxylic acids is 1. The van der Waals surface area contributed by atoms with Crippen molar-refractivity contribution in [3.8, 4) is 22.6 Å². The van der Waals surface area contributed by atoms with Gasteiger partial charge in [0.25, 0.3) is 5.91 Å². The van der Waals surface area contributed by atoms with Gasteiger partial charge in [0.05, 0.1) is 29.7 Å². The summed E-state index contributed by atoms with van der Waals surface area (Å²) in [6.45, 7) is 5.53. The fraction of sp³-hybridized carbons (Fsp3) is 0.353. The van der Waals surface area contributed by atoms with Crippen LogP contribution in [0.25, 0.3) is 22.0 Å². The van der Waals surface area contributed by atoms with Crippen LogP contribution in [0.1, 0.15) is 83.1 Å². The smallest absolute Gasteiger partial charge is 1.00 e. The van der Waals surface area contributed by atoms with Crippen LogP contribution in [-0.4, -0.2) is 62.5 Å². The van der Waals surface area contributed by atoms with Crippen LogP contribution >= 0.6 is 0 Å². The van der Waals surface area contributed by atoms with Crippen molar-refractivity contribution in [2.45, 2.75) is 57.6 Å². The SMILES string of the molecule is CCOc1cc(C(=O)N2CCC3(CC2)CC(=O)c2cc(-c4cncc(C(=O)O)c4)ccc2O3)cc2c1c(C)cn2C1CC1.[H-].[Na+]. The van der Waals surface area contributed by atoms with Crippen LogP contribution in [0.2, 0.25) is 0 Å². The number of likely N-dealkylation sites (tertiary alicyclic amines) is 1. The molecule has 10 heteroatoms. The summed E-state index contributed by atoms with van der Waals surface area (Å²) in [6, 6.07) is 11.2. The van der Waals surface area contributed by atoms with Gasteiger partial charge in [-0.25, -0.2) is 4.79 Å². The van der Waals surface area contributed by atoms with E-state index in [9.17, 15) is 19.5 Å². The molecule has 1 aliphatic carbocycles. The van der Waals surface area contributed by atoms with Crippen molar-refractivity contribution in [2.24, 2.45) is 0 Å². The Hall–Kier alpha value is -3.66. The van der Waals surface area contributed by atoms with Crippen LogP contribution in [0.5, 0.6) is 11.5 Å². The number of fused-ring (bicyclic) bond motifs is 2. The van der Waals surface area contributed by atoms with Crippen LogP contribution in [0.4, 0.5) is 0 Å².